The van der Waals surface area contributed by atoms with Gasteiger partial charge in [-0.25, -0.2) is 4.21 Å². The van der Waals surface area contributed by atoms with Crippen molar-refractivity contribution in [3.8, 4) is 5.75 Å². The van der Waals surface area contributed by atoms with E-state index in [0.29, 0.717) is 5.76 Å². The van der Waals surface area contributed by atoms with Crippen LogP contribution < -0.4 is 4.90 Å². The molecule has 35 heavy (non-hydrogen) atoms. The first-order valence-electron chi connectivity index (χ1n) is 11.1. The predicted molar refractivity (Wildman–Crippen MR) is 139 cm³/mol. The van der Waals surface area contributed by atoms with Gasteiger partial charge in [-0.2, -0.15) is 0 Å². The highest BCUT2D eigenvalue weighted by Crippen LogP contribution is 2.34. The number of furan rings is 1. The molecular weight excluding hydrogens is 470 g/mol. The van der Waals surface area contributed by atoms with Gasteiger partial charge in [0.15, 0.2) is 17.4 Å². The summed E-state index contributed by atoms with van der Waals surface area (Å²) >= 11 is -2.63. The van der Waals surface area contributed by atoms with Crippen molar-refractivity contribution in [2.75, 3.05) is 33.1 Å². The number of anilines is 1. The molecule has 192 valence electrons. The van der Waals surface area contributed by atoms with E-state index in [-0.39, 0.29) is 46.5 Å². The zero-order valence-corrected chi connectivity index (χ0v) is 22.3. The van der Waals surface area contributed by atoms with E-state index in [1.807, 2.05) is 19.9 Å². The summed E-state index contributed by atoms with van der Waals surface area (Å²) in [5.74, 6) is -0.123. The summed E-state index contributed by atoms with van der Waals surface area (Å²) in [6, 6.07) is 6.18. The third-order valence-corrected chi connectivity index (χ3v) is 6.04. The smallest absolute Gasteiger partial charge is 0.284 e. The minimum atomic E-state index is -2.63. The summed E-state index contributed by atoms with van der Waals surface area (Å²) in [7, 11) is 6.31. The van der Waals surface area contributed by atoms with Crippen LogP contribution in [0.15, 0.2) is 39.3 Å². The Kier molecular flexibility index (Phi) is 9.22. The third kappa shape index (κ3) is 6.29. The fourth-order valence-electron chi connectivity index (χ4n) is 3.76. The van der Waals surface area contributed by atoms with Crippen LogP contribution in [0.3, 0.4) is 0 Å². The van der Waals surface area contributed by atoms with Crippen LogP contribution >= 0.6 is 0 Å². The summed E-state index contributed by atoms with van der Waals surface area (Å²) in [6.45, 7) is 8.09. The lowest BCUT2D eigenvalue weighted by atomic mass is 9.98. The number of hydrogen-bond donors (Lipinski definition) is 3. The number of para-hydroxylation sites is 1. The van der Waals surface area contributed by atoms with Gasteiger partial charge in [0, 0.05) is 28.2 Å². The number of nitrogens with one attached hydrogen (secondary N) is 1. The second-order valence-corrected chi connectivity index (χ2v) is 9.81. The molecular formula is C24H35N5O5S. The average Bonchev–Trinajstić information content (AvgIpc) is 3.25. The van der Waals surface area contributed by atoms with E-state index in [2.05, 4.69) is 18.2 Å². The van der Waals surface area contributed by atoms with E-state index >= 15 is 0 Å². The Balaban J connectivity index is 2.52. The number of aromatic hydroxyl groups is 1. The van der Waals surface area contributed by atoms with E-state index in [1.165, 1.54) is 29.0 Å². The molecule has 0 radical (unpaired) electrons. The first-order valence-corrected chi connectivity index (χ1v) is 12.2. The summed E-state index contributed by atoms with van der Waals surface area (Å²) in [6.07, 6.45) is 1.70. The molecule has 0 aliphatic heterocycles. The Hall–Kier alpha value is -3.18. The number of hydrogen-bond acceptors (Lipinski definition) is 5. The van der Waals surface area contributed by atoms with Crippen LogP contribution in [0, 0.1) is 11.3 Å². The van der Waals surface area contributed by atoms with Crippen molar-refractivity contribution in [2.24, 2.45) is 10.3 Å². The second kappa shape index (κ2) is 11.5. The van der Waals surface area contributed by atoms with E-state index in [0.717, 1.165) is 5.56 Å². The monoisotopic (exact) mass is 505 g/mol. The van der Waals surface area contributed by atoms with Crippen molar-refractivity contribution in [1.29, 1.82) is 5.41 Å². The molecule has 1 unspecified atom stereocenters. The molecule has 10 nitrogen and oxygen atoms in total. The highest BCUT2D eigenvalue weighted by Gasteiger charge is 2.31. The summed E-state index contributed by atoms with van der Waals surface area (Å²) in [5, 5.41) is 19.7. The Morgan fingerprint density at radius 2 is 1.77 bits per heavy atom. The molecule has 2 atom stereocenters. The lowest BCUT2D eigenvalue weighted by Gasteiger charge is -2.34. The number of phenols is 1. The number of benzene rings is 1. The molecule has 0 saturated heterocycles. The third-order valence-electron chi connectivity index (χ3n) is 5.71. The number of amidine groups is 2. The molecule has 0 bridgehead atoms. The van der Waals surface area contributed by atoms with Gasteiger partial charge in [-0.3, -0.25) is 14.8 Å². The van der Waals surface area contributed by atoms with Gasteiger partial charge in [0.2, 0.25) is 0 Å². The van der Waals surface area contributed by atoms with Gasteiger partial charge in [-0.15, -0.1) is 4.40 Å². The van der Waals surface area contributed by atoms with Crippen LogP contribution in [-0.2, 0) is 11.3 Å². The minimum absolute atomic E-state index is 0.0205. The van der Waals surface area contributed by atoms with Crippen LogP contribution in [0.4, 0.5) is 5.69 Å². The number of carbonyl (C=O) groups is 1. The predicted octanol–water partition coefficient (Wildman–Crippen LogP) is 4.09. The van der Waals surface area contributed by atoms with E-state index in [1.54, 1.807) is 38.4 Å². The van der Waals surface area contributed by atoms with Gasteiger partial charge < -0.3 is 24.2 Å². The summed E-state index contributed by atoms with van der Waals surface area (Å²) in [5.41, 5.74) is 1.24. The number of carbonyl (C=O) groups excluding carboxylic acids is 1. The van der Waals surface area contributed by atoms with Gasteiger partial charge in [-0.05, 0) is 35.6 Å². The van der Waals surface area contributed by atoms with Gasteiger partial charge in [0.05, 0.1) is 23.6 Å². The lowest BCUT2D eigenvalue weighted by Crippen LogP contribution is -2.44. The van der Waals surface area contributed by atoms with Crippen molar-refractivity contribution in [2.45, 2.75) is 39.7 Å². The van der Waals surface area contributed by atoms with Gasteiger partial charge in [-0.1, -0.05) is 33.8 Å². The Bertz CT molecular complexity index is 1130. The number of rotatable bonds is 7. The maximum absolute atomic E-state index is 12.5. The molecule has 3 N–H and O–H groups in total. The molecule has 0 spiro atoms. The molecule has 1 heterocycles. The number of nitrogens with zero attached hydrogens (tertiary/aromatic N) is 4. The molecule has 0 fully saturated rings. The van der Waals surface area contributed by atoms with Crippen molar-refractivity contribution in [3.63, 3.8) is 0 Å². The fraction of sp³-hybridized carbons (Fsp3) is 0.458. The molecule has 11 heteroatoms. The molecule has 1 aromatic carbocycles. The van der Waals surface area contributed by atoms with Crippen LogP contribution in [0.2, 0.25) is 0 Å². The highest BCUT2D eigenvalue weighted by atomic mass is 32.2. The fourth-order valence-corrected chi connectivity index (χ4v) is 4.11. The minimum Gasteiger partial charge on any atom is -0.505 e. The SMILES string of the molecule is CC(C)c1coc([C@@H](C(C)C)N(C)C(=N)C(=NS(=O)O)N(C)c2cccc(C(=O)N(C)C)c2O)c1. The zero-order valence-electron chi connectivity index (χ0n) is 21.4. The van der Waals surface area contributed by atoms with Crippen LogP contribution in [0.1, 0.15) is 61.3 Å². The largest absolute Gasteiger partial charge is 0.505 e. The topological polar surface area (TPSA) is 134 Å². The molecule has 0 saturated carbocycles. The van der Waals surface area contributed by atoms with Crippen LogP contribution in [0.5, 0.6) is 5.75 Å². The van der Waals surface area contributed by atoms with E-state index in [9.17, 15) is 18.7 Å². The average molecular weight is 506 g/mol. The summed E-state index contributed by atoms with van der Waals surface area (Å²) < 4.78 is 30.9. The summed E-state index contributed by atoms with van der Waals surface area (Å²) in [4.78, 5) is 16.7. The molecule has 1 aromatic heterocycles. The Labute approximate surface area is 209 Å². The zero-order chi connectivity index (χ0) is 26.6. The van der Waals surface area contributed by atoms with Gasteiger partial charge in [0.25, 0.3) is 17.2 Å². The molecule has 0 aliphatic rings. The van der Waals surface area contributed by atoms with Crippen LogP contribution in [0.25, 0.3) is 0 Å². The maximum Gasteiger partial charge on any atom is 0.284 e. The van der Waals surface area contributed by atoms with Gasteiger partial charge >= 0.3 is 0 Å². The standard InChI is InChI=1S/C24H35N5O5S/c1-14(2)16-12-19(34-13-16)20(15(3)4)29(8)22(25)23(26-35(32)33)28(7)18-11-9-10-17(21(18)30)24(31)27(5)6/h9-15,20,25,30H,1-8H3,(H,32,33)/t20-/m1/s1. The van der Waals surface area contributed by atoms with Crippen molar-refractivity contribution >= 4 is 34.5 Å². The lowest BCUT2D eigenvalue weighted by molar-refractivity contribution is 0.0824. The second-order valence-electron chi connectivity index (χ2n) is 9.16. The maximum atomic E-state index is 12.5. The molecule has 2 aromatic rings. The quantitative estimate of drug-likeness (QED) is 0.293. The van der Waals surface area contributed by atoms with Crippen LogP contribution in [-0.4, -0.2) is 69.4 Å². The van der Waals surface area contributed by atoms with E-state index < -0.39 is 17.2 Å². The van der Waals surface area contributed by atoms with Crippen molar-refractivity contribution in [1.82, 2.24) is 9.80 Å². The van der Waals surface area contributed by atoms with Crippen molar-refractivity contribution in [3.05, 3.63) is 47.4 Å². The molecule has 1 amide bonds. The Morgan fingerprint density at radius 1 is 1.14 bits per heavy atom. The number of amides is 1. The molecule has 2 rings (SSSR count). The number of likely N-dealkylation sites (N-methyl/N-ethyl adjacent to an activating group) is 2. The first-order chi connectivity index (χ1) is 16.3. The normalized spacial score (nSPS) is 13.6. The van der Waals surface area contributed by atoms with Gasteiger partial charge in [0.1, 0.15) is 5.76 Å². The van der Waals surface area contributed by atoms with E-state index in [4.69, 9.17) is 9.83 Å². The number of phenolic OH excluding ortho intramolecular Hbond substituents is 1. The van der Waals surface area contributed by atoms with Crippen molar-refractivity contribution < 1.29 is 23.1 Å². The molecule has 0 aliphatic carbocycles. The highest BCUT2D eigenvalue weighted by molar-refractivity contribution is 7.78. The Morgan fingerprint density at radius 3 is 2.26 bits per heavy atom. The first kappa shape index (κ1) is 28.1.